The van der Waals surface area contributed by atoms with Gasteiger partial charge in [-0.05, 0) is 32.4 Å². The quantitative estimate of drug-likeness (QED) is 0.708. The van der Waals surface area contributed by atoms with Gasteiger partial charge >= 0.3 is 0 Å². The van der Waals surface area contributed by atoms with Crippen molar-refractivity contribution < 1.29 is 9.90 Å². The molecular weight excluding hydrogens is 230 g/mol. The van der Waals surface area contributed by atoms with Gasteiger partial charge in [0.15, 0.2) is 0 Å². The molecule has 2 aliphatic rings. The first-order chi connectivity index (χ1) is 8.59. The van der Waals surface area contributed by atoms with Crippen molar-refractivity contribution in [2.75, 3.05) is 45.8 Å². The van der Waals surface area contributed by atoms with Crippen LogP contribution in [-0.2, 0) is 4.79 Å². The summed E-state index contributed by atoms with van der Waals surface area (Å²) in [6, 6.07) is 0. The van der Waals surface area contributed by atoms with Gasteiger partial charge in [-0.15, -0.1) is 0 Å². The van der Waals surface area contributed by atoms with Gasteiger partial charge in [-0.25, -0.2) is 0 Å². The van der Waals surface area contributed by atoms with E-state index in [2.05, 4.69) is 10.2 Å². The van der Waals surface area contributed by atoms with E-state index < -0.39 is 5.60 Å². The first-order valence-electron chi connectivity index (χ1n) is 7.00. The number of amides is 1. The highest BCUT2D eigenvalue weighted by Gasteiger charge is 2.31. The predicted molar refractivity (Wildman–Crippen MR) is 70.4 cm³/mol. The number of aliphatic hydroxyl groups is 1. The molecule has 18 heavy (non-hydrogen) atoms. The van der Waals surface area contributed by atoms with Crippen molar-refractivity contribution in [3.63, 3.8) is 0 Å². The molecule has 1 amide bonds. The van der Waals surface area contributed by atoms with Crippen molar-refractivity contribution in [2.45, 2.75) is 31.8 Å². The number of hydrogen-bond acceptors (Lipinski definition) is 4. The summed E-state index contributed by atoms with van der Waals surface area (Å²) in [5, 5.41) is 13.8. The number of carbonyl (C=O) groups excluding carboxylic acids is 1. The van der Waals surface area contributed by atoms with Crippen LogP contribution in [0.4, 0.5) is 0 Å². The zero-order chi connectivity index (χ0) is 13.0. The summed E-state index contributed by atoms with van der Waals surface area (Å²) >= 11 is 0. The standard InChI is InChI=1S/C13H25N3O2/c1-12(17)16-8-2-7-15(9-10-16)11-13(18)3-5-14-6-4-13/h14,18H,2-11H2,1H3. The molecule has 0 unspecified atom stereocenters. The van der Waals surface area contributed by atoms with Crippen LogP contribution in [0.25, 0.3) is 0 Å². The normalized spacial score (nSPS) is 25.8. The second kappa shape index (κ2) is 5.99. The summed E-state index contributed by atoms with van der Waals surface area (Å²) in [5.74, 6) is 0.164. The SMILES string of the molecule is CC(=O)N1CCCN(CC2(O)CCNCC2)CC1. The number of hydrogen-bond donors (Lipinski definition) is 2. The molecule has 0 spiro atoms. The first kappa shape index (κ1) is 13.8. The van der Waals surface area contributed by atoms with E-state index in [-0.39, 0.29) is 5.91 Å². The van der Waals surface area contributed by atoms with Crippen molar-refractivity contribution in [1.82, 2.24) is 15.1 Å². The molecule has 0 bridgehead atoms. The minimum absolute atomic E-state index is 0.164. The van der Waals surface area contributed by atoms with E-state index >= 15 is 0 Å². The fraction of sp³-hybridized carbons (Fsp3) is 0.923. The van der Waals surface area contributed by atoms with Crippen molar-refractivity contribution >= 4 is 5.91 Å². The van der Waals surface area contributed by atoms with E-state index in [9.17, 15) is 9.90 Å². The lowest BCUT2D eigenvalue weighted by atomic mass is 9.92. The third kappa shape index (κ3) is 3.67. The Morgan fingerprint density at radius 2 is 1.94 bits per heavy atom. The van der Waals surface area contributed by atoms with Crippen LogP contribution in [0.2, 0.25) is 0 Å². The van der Waals surface area contributed by atoms with E-state index in [1.54, 1.807) is 6.92 Å². The maximum Gasteiger partial charge on any atom is 0.219 e. The van der Waals surface area contributed by atoms with Crippen LogP contribution in [0, 0.1) is 0 Å². The average Bonchev–Trinajstić information content (AvgIpc) is 2.55. The summed E-state index contributed by atoms with van der Waals surface area (Å²) in [6.07, 6.45) is 2.67. The third-order valence-electron chi connectivity index (χ3n) is 4.09. The lowest BCUT2D eigenvalue weighted by Gasteiger charge is -2.36. The van der Waals surface area contributed by atoms with Gasteiger partial charge in [0.1, 0.15) is 0 Å². The predicted octanol–water partition coefficient (Wildman–Crippen LogP) is -0.345. The summed E-state index contributed by atoms with van der Waals surface area (Å²) in [6.45, 7) is 7.72. The molecule has 0 aliphatic carbocycles. The molecule has 0 aromatic carbocycles. The van der Waals surface area contributed by atoms with Gasteiger partial charge in [0.25, 0.3) is 0 Å². The van der Waals surface area contributed by atoms with Crippen molar-refractivity contribution in [1.29, 1.82) is 0 Å². The highest BCUT2D eigenvalue weighted by Crippen LogP contribution is 2.20. The number of carbonyl (C=O) groups is 1. The van der Waals surface area contributed by atoms with E-state index in [1.807, 2.05) is 4.90 Å². The Morgan fingerprint density at radius 3 is 2.61 bits per heavy atom. The maximum absolute atomic E-state index is 11.4. The van der Waals surface area contributed by atoms with E-state index in [0.29, 0.717) is 0 Å². The molecular formula is C13H25N3O2. The molecule has 5 heteroatoms. The first-order valence-corrected chi connectivity index (χ1v) is 7.00. The minimum atomic E-state index is -0.531. The summed E-state index contributed by atoms with van der Waals surface area (Å²) in [4.78, 5) is 15.6. The van der Waals surface area contributed by atoms with Crippen LogP contribution in [0.5, 0.6) is 0 Å². The molecule has 2 fully saturated rings. The van der Waals surface area contributed by atoms with Crippen LogP contribution >= 0.6 is 0 Å². The molecule has 2 heterocycles. The summed E-state index contributed by atoms with van der Waals surface area (Å²) < 4.78 is 0. The molecule has 2 saturated heterocycles. The van der Waals surface area contributed by atoms with Crippen LogP contribution in [0.15, 0.2) is 0 Å². The Bertz CT molecular complexity index is 290. The van der Waals surface area contributed by atoms with Crippen LogP contribution in [0.3, 0.4) is 0 Å². The topological polar surface area (TPSA) is 55.8 Å². The molecule has 2 N–H and O–H groups in total. The molecule has 0 saturated carbocycles. The zero-order valence-electron chi connectivity index (χ0n) is 11.3. The van der Waals surface area contributed by atoms with E-state index in [4.69, 9.17) is 0 Å². The molecule has 5 nitrogen and oxygen atoms in total. The van der Waals surface area contributed by atoms with Crippen LogP contribution in [-0.4, -0.2) is 72.2 Å². The number of piperidine rings is 1. The van der Waals surface area contributed by atoms with Gasteiger partial charge in [0, 0.05) is 39.6 Å². The van der Waals surface area contributed by atoms with Gasteiger partial charge in [-0.1, -0.05) is 0 Å². The van der Waals surface area contributed by atoms with E-state index in [1.165, 1.54) is 0 Å². The van der Waals surface area contributed by atoms with Crippen molar-refractivity contribution in [3.05, 3.63) is 0 Å². The number of nitrogens with zero attached hydrogens (tertiary/aromatic N) is 2. The van der Waals surface area contributed by atoms with Crippen molar-refractivity contribution in [2.24, 2.45) is 0 Å². The van der Waals surface area contributed by atoms with Gasteiger partial charge in [0.2, 0.25) is 5.91 Å². The molecule has 0 atom stereocenters. The monoisotopic (exact) mass is 255 g/mol. The largest absolute Gasteiger partial charge is 0.388 e. The molecule has 2 aliphatic heterocycles. The highest BCUT2D eigenvalue weighted by atomic mass is 16.3. The second-order valence-corrected chi connectivity index (χ2v) is 5.61. The fourth-order valence-electron chi connectivity index (χ4n) is 2.91. The number of nitrogens with one attached hydrogen (secondary N) is 1. The lowest BCUT2D eigenvalue weighted by Crippen LogP contribution is -2.50. The Morgan fingerprint density at radius 1 is 1.22 bits per heavy atom. The molecule has 2 rings (SSSR count). The molecule has 104 valence electrons. The molecule has 0 aromatic heterocycles. The Hall–Kier alpha value is -0.650. The van der Waals surface area contributed by atoms with Crippen LogP contribution in [0.1, 0.15) is 26.2 Å². The second-order valence-electron chi connectivity index (χ2n) is 5.61. The Kier molecular flexibility index (Phi) is 4.59. The third-order valence-corrected chi connectivity index (χ3v) is 4.09. The summed E-state index contributed by atoms with van der Waals surface area (Å²) in [5.41, 5.74) is -0.531. The maximum atomic E-state index is 11.4. The summed E-state index contributed by atoms with van der Waals surface area (Å²) in [7, 11) is 0. The lowest BCUT2D eigenvalue weighted by molar-refractivity contribution is -0.128. The minimum Gasteiger partial charge on any atom is -0.388 e. The number of β-amino-alcohol motifs (C(OH)–C–C–N with tert-alkyl or cyclic N) is 1. The van der Waals surface area contributed by atoms with Crippen molar-refractivity contribution in [3.8, 4) is 0 Å². The van der Waals surface area contributed by atoms with Gasteiger partial charge < -0.3 is 15.3 Å². The zero-order valence-corrected chi connectivity index (χ0v) is 11.3. The highest BCUT2D eigenvalue weighted by molar-refractivity contribution is 5.73. The van der Waals surface area contributed by atoms with Crippen LogP contribution < -0.4 is 5.32 Å². The smallest absolute Gasteiger partial charge is 0.219 e. The Labute approximate surface area is 109 Å². The fourth-order valence-corrected chi connectivity index (χ4v) is 2.91. The Balaban J connectivity index is 1.84. The average molecular weight is 255 g/mol. The van der Waals surface area contributed by atoms with Gasteiger partial charge in [-0.2, -0.15) is 0 Å². The molecule has 0 aromatic rings. The number of rotatable bonds is 2. The van der Waals surface area contributed by atoms with E-state index in [0.717, 1.165) is 65.1 Å². The van der Waals surface area contributed by atoms with Gasteiger partial charge in [0.05, 0.1) is 5.60 Å². The molecule has 0 radical (unpaired) electrons. The van der Waals surface area contributed by atoms with Gasteiger partial charge in [-0.3, -0.25) is 9.69 Å².